The zero-order valence-electron chi connectivity index (χ0n) is 11.0. The zero-order valence-corrected chi connectivity index (χ0v) is 11.0. The number of carbonyl (C=O) groups is 1. The van der Waals surface area contributed by atoms with Gasteiger partial charge in [0, 0.05) is 13.1 Å². The Morgan fingerprint density at radius 1 is 1.29 bits per heavy atom. The average molecular weight is 242 g/mol. The highest BCUT2D eigenvalue weighted by Crippen LogP contribution is 2.28. The minimum absolute atomic E-state index is 0.111. The molecule has 0 heterocycles. The molecule has 0 aliphatic heterocycles. The van der Waals surface area contributed by atoms with Crippen LogP contribution in [0.4, 0.5) is 4.79 Å². The van der Waals surface area contributed by atoms with Crippen LogP contribution in [0.1, 0.15) is 46.0 Å². The SMILES string of the molecule is CC(C)C(O)CCNC(=O)NCCC1CCC1. The monoisotopic (exact) mass is 242 g/mol. The van der Waals surface area contributed by atoms with E-state index in [1.165, 1.54) is 19.3 Å². The van der Waals surface area contributed by atoms with Gasteiger partial charge in [0.05, 0.1) is 6.10 Å². The molecule has 17 heavy (non-hydrogen) atoms. The number of hydrogen-bond acceptors (Lipinski definition) is 2. The second kappa shape index (κ2) is 7.54. The number of rotatable bonds is 7. The molecule has 1 aliphatic carbocycles. The quantitative estimate of drug-likeness (QED) is 0.638. The summed E-state index contributed by atoms with van der Waals surface area (Å²) in [7, 11) is 0. The van der Waals surface area contributed by atoms with Crippen molar-refractivity contribution >= 4 is 6.03 Å². The highest BCUT2D eigenvalue weighted by molar-refractivity contribution is 5.73. The minimum Gasteiger partial charge on any atom is -0.393 e. The van der Waals surface area contributed by atoms with Gasteiger partial charge in [-0.05, 0) is 24.7 Å². The van der Waals surface area contributed by atoms with E-state index in [0.717, 1.165) is 18.9 Å². The van der Waals surface area contributed by atoms with Crippen molar-refractivity contribution in [2.24, 2.45) is 11.8 Å². The van der Waals surface area contributed by atoms with E-state index in [9.17, 15) is 9.90 Å². The topological polar surface area (TPSA) is 61.4 Å². The molecule has 2 amide bonds. The van der Waals surface area contributed by atoms with Gasteiger partial charge in [0.2, 0.25) is 0 Å². The molecule has 1 saturated carbocycles. The van der Waals surface area contributed by atoms with Gasteiger partial charge in [0.15, 0.2) is 0 Å². The lowest BCUT2D eigenvalue weighted by Crippen LogP contribution is -2.38. The van der Waals surface area contributed by atoms with Crippen LogP contribution in [0.15, 0.2) is 0 Å². The molecule has 0 aromatic rings. The number of nitrogens with one attached hydrogen (secondary N) is 2. The molecular weight excluding hydrogens is 216 g/mol. The minimum atomic E-state index is -0.328. The molecule has 4 heteroatoms. The van der Waals surface area contributed by atoms with E-state index in [1.54, 1.807) is 0 Å². The second-order valence-corrected chi connectivity index (χ2v) is 5.37. The van der Waals surface area contributed by atoms with Gasteiger partial charge in [0.1, 0.15) is 0 Å². The van der Waals surface area contributed by atoms with Gasteiger partial charge >= 0.3 is 6.03 Å². The number of aliphatic hydroxyl groups is 1. The Morgan fingerprint density at radius 2 is 1.94 bits per heavy atom. The van der Waals surface area contributed by atoms with Gasteiger partial charge in [-0.3, -0.25) is 0 Å². The smallest absolute Gasteiger partial charge is 0.314 e. The van der Waals surface area contributed by atoms with Crippen LogP contribution in [0.5, 0.6) is 0 Å². The molecule has 1 fully saturated rings. The van der Waals surface area contributed by atoms with Gasteiger partial charge in [-0.2, -0.15) is 0 Å². The molecule has 1 rings (SSSR count). The first-order valence-corrected chi connectivity index (χ1v) is 6.79. The lowest BCUT2D eigenvalue weighted by atomic mass is 9.83. The third-order valence-corrected chi connectivity index (χ3v) is 3.56. The maximum Gasteiger partial charge on any atom is 0.314 e. The summed E-state index contributed by atoms with van der Waals surface area (Å²) in [6.07, 6.45) is 5.39. The molecule has 0 aromatic carbocycles. The summed E-state index contributed by atoms with van der Waals surface area (Å²) < 4.78 is 0. The van der Waals surface area contributed by atoms with Crippen molar-refractivity contribution in [1.82, 2.24) is 10.6 Å². The number of urea groups is 1. The summed E-state index contributed by atoms with van der Waals surface area (Å²) in [4.78, 5) is 11.4. The van der Waals surface area contributed by atoms with Gasteiger partial charge in [-0.15, -0.1) is 0 Å². The molecule has 0 aromatic heterocycles. The zero-order chi connectivity index (χ0) is 12.7. The van der Waals surface area contributed by atoms with E-state index < -0.39 is 0 Å². The van der Waals surface area contributed by atoms with Crippen LogP contribution in [0.2, 0.25) is 0 Å². The summed E-state index contributed by atoms with van der Waals surface area (Å²) in [6.45, 7) is 5.25. The fourth-order valence-corrected chi connectivity index (χ4v) is 1.90. The molecular formula is C13H26N2O2. The third-order valence-electron chi connectivity index (χ3n) is 3.56. The Kier molecular flexibility index (Phi) is 6.34. The molecule has 1 atom stereocenters. The van der Waals surface area contributed by atoms with Crippen molar-refractivity contribution in [1.29, 1.82) is 0 Å². The van der Waals surface area contributed by atoms with Crippen molar-refractivity contribution in [2.45, 2.75) is 52.1 Å². The van der Waals surface area contributed by atoms with E-state index in [0.29, 0.717) is 13.0 Å². The Morgan fingerprint density at radius 3 is 2.47 bits per heavy atom. The number of amides is 2. The van der Waals surface area contributed by atoms with Crippen molar-refractivity contribution in [3.63, 3.8) is 0 Å². The Bertz CT molecular complexity index is 227. The third kappa shape index (κ3) is 5.91. The molecule has 3 N–H and O–H groups in total. The van der Waals surface area contributed by atoms with Crippen LogP contribution in [-0.4, -0.2) is 30.3 Å². The Balaban J connectivity index is 1.93. The molecule has 0 spiro atoms. The standard InChI is InChI=1S/C13H26N2O2/c1-10(2)12(16)7-9-15-13(17)14-8-6-11-4-3-5-11/h10-12,16H,3-9H2,1-2H3,(H2,14,15,17). The fourth-order valence-electron chi connectivity index (χ4n) is 1.90. The van der Waals surface area contributed by atoms with Crippen molar-refractivity contribution in [2.75, 3.05) is 13.1 Å². The molecule has 1 aliphatic rings. The molecule has 100 valence electrons. The fraction of sp³-hybridized carbons (Fsp3) is 0.923. The molecule has 0 saturated heterocycles. The van der Waals surface area contributed by atoms with Crippen molar-refractivity contribution in [3.8, 4) is 0 Å². The predicted molar refractivity (Wildman–Crippen MR) is 68.8 cm³/mol. The van der Waals surface area contributed by atoms with Gasteiger partial charge in [-0.25, -0.2) is 4.79 Å². The first-order valence-electron chi connectivity index (χ1n) is 6.79. The second-order valence-electron chi connectivity index (χ2n) is 5.37. The Hall–Kier alpha value is -0.770. The summed E-state index contributed by atoms with van der Waals surface area (Å²) in [5.41, 5.74) is 0. The van der Waals surface area contributed by atoms with Gasteiger partial charge in [0.25, 0.3) is 0 Å². The van der Waals surface area contributed by atoms with Crippen LogP contribution >= 0.6 is 0 Å². The summed E-state index contributed by atoms with van der Waals surface area (Å²) in [5, 5.41) is 15.2. The van der Waals surface area contributed by atoms with E-state index in [-0.39, 0.29) is 18.1 Å². The van der Waals surface area contributed by atoms with Crippen LogP contribution in [-0.2, 0) is 0 Å². The Labute approximate surface area is 104 Å². The van der Waals surface area contributed by atoms with Gasteiger partial charge < -0.3 is 15.7 Å². The van der Waals surface area contributed by atoms with Crippen LogP contribution in [0.25, 0.3) is 0 Å². The first-order chi connectivity index (χ1) is 8.09. The highest BCUT2D eigenvalue weighted by Gasteiger charge is 2.16. The van der Waals surface area contributed by atoms with E-state index in [2.05, 4.69) is 10.6 Å². The van der Waals surface area contributed by atoms with Gasteiger partial charge in [-0.1, -0.05) is 33.1 Å². The summed E-state index contributed by atoms with van der Waals surface area (Å²) in [6, 6.07) is -0.111. The van der Waals surface area contributed by atoms with Crippen LogP contribution in [0, 0.1) is 11.8 Å². The number of carbonyl (C=O) groups excluding carboxylic acids is 1. The lowest BCUT2D eigenvalue weighted by molar-refractivity contribution is 0.116. The van der Waals surface area contributed by atoms with E-state index >= 15 is 0 Å². The van der Waals surface area contributed by atoms with Crippen LogP contribution in [0.3, 0.4) is 0 Å². The van der Waals surface area contributed by atoms with E-state index in [1.807, 2.05) is 13.8 Å². The lowest BCUT2D eigenvalue weighted by Gasteiger charge is -2.25. The summed E-state index contributed by atoms with van der Waals surface area (Å²) in [5.74, 6) is 1.08. The molecule has 4 nitrogen and oxygen atoms in total. The highest BCUT2D eigenvalue weighted by atomic mass is 16.3. The maximum atomic E-state index is 11.4. The summed E-state index contributed by atoms with van der Waals surface area (Å²) >= 11 is 0. The molecule has 0 bridgehead atoms. The average Bonchev–Trinajstić information content (AvgIpc) is 2.21. The number of aliphatic hydroxyl groups excluding tert-OH is 1. The van der Waals surface area contributed by atoms with Crippen LogP contribution < -0.4 is 10.6 Å². The molecule has 1 unspecified atom stereocenters. The largest absolute Gasteiger partial charge is 0.393 e. The van der Waals surface area contributed by atoms with E-state index in [4.69, 9.17) is 0 Å². The maximum absolute atomic E-state index is 11.4. The predicted octanol–water partition coefficient (Wildman–Crippen LogP) is 1.88. The number of hydrogen-bond donors (Lipinski definition) is 3. The normalized spacial score (nSPS) is 17.6. The molecule has 0 radical (unpaired) electrons. The first kappa shape index (κ1) is 14.3. The van der Waals surface area contributed by atoms with Crippen molar-refractivity contribution < 1.29 is 9.90 Å². The van der Waals surface area contributed by atoms with Crippen molar-refractivity contribution in [3.05, 3.63) is 0 Å².